The smallest absolute Gasteiger partial charge is 0.135 e. The predicted octanol–water partition coefficient (Wildman–Crippen LogP) is 1.49. The van der Waals surface area contributed by atoms with Crippen molar-refractivity contribution in [1.29, 1.82) is 0 Å². The Morgan fingerprint density at radius 2 is 2.30 bits per heavy atom. The Hall–Kier alpha value is -0.500. The second-order valence-corrected chi connectivity index (χ2v) is 3.16. The van der Waals surface area contributed by atoms with Gasteiger partial charge in [0.2, 0.25) is 0 Å². The molecule has 0 aromatic heterocycles. The van der Waals surface area contributed by atoms with Crippen LogP contribution in [0.1, 0.15) is 20.8 Å². The van der Waals surface area contributed by atoms with E-state index in [9.17, 15) is 0 Å². The third-order valence-corrected chi connectivity index (χ3v) is 1.77. The summed E-state index contributed by atoms with van der Waals surface area (Å²) in [6.45, 7) is 7.09. The molecule has 0 fully saturated rings. The molecule has 0 amide bonds. The lowest BCUT2D eigenvalue weighted by Crippen LogP contribution is -2.35. The first-order valence-corrected chi connectivity index (χ1v) is 3.72. The molecule has 0 bridgehead atoms. The van der Waals surface area contributed by atoms with Crippen LogP contribution in [-0.4, -0.2) is 12.8 Å². The molecule has 2 heteroatoms. The Kier molecular flexibility index (Phi) is 2.00. The van der Waals surface area contributed by atoms with Crippen molar-refractivity contribution < 1.29 is 4.74 Å². The van der Waals surface area contributed by atoms with Crippen molar-refractivity contribution in [3.63, 3.8) is 0 Å². The van der Waals surface area contributed by atoms with E-state index in [0.717, 1.165) is 6.61 Å². The lowest BCUT2D eigenvalue weighted by molar-refractivity contribution is -0.00304. The van der Waals surface area contributed by atoms with E-state index in [-0.39, 0.29) is 11.6 Å². The molecule has 1 rings (SSSR count). The van der Waals surface area contributed by atoms with E-state index in [1.807, 2.05) is 13.1 Å². The lowest BCUT2D eigenvalue weighted by Gasteiger charge is -2.25. The van der Waals surface area contributed by atoms with Gasteiger partial charge in [-0.1, -0.05) is 19.9 Å². The first-order chi connectivity index (χ1) is 4.67. The van der Waals surface area contributed by atoms with E-state index in [4.69, 9.17) is 4.74 Å². The first-order valence-electron chi connectivity index (χ1n) is 3.72. The first kappa shape index (κ1) is 7.61. The van der Waals surface area contributed by atoms with Crippen LogP contribution < -0.4 is 5.32 Å². The predicted molar refractivity (Wildman–Crippen MR) is 41.5 cm³/mol. The minimum absolute atomic E-state index is 0.149. The van der Waals surface area contributed by atoms with Gasteiger partial charge in [0, 0.05) is 12.0 Å². The van der Waals surface area contributed by atoms with Gasteiger partial charge in [-0.3, -0.25) is 0 Å². The molecule has 1 N–H and O–H groups in total. The van der Waals surface area contributed by atoms with Crippen molar-refractivity contribution in [3.8, 4) is 0 Å². The highest BCUT2D eigenvalue weighted by atomic mass is 16.5. The van der Waals surface area contributed by atoms with Gasteiger partial charge in [0.15, 0.2) is 0 Å². The van der Waals surface area contributed by atoms with Crippen LogP contribution in [0.4, 0.5) is 0 Å². The van der Waals surface area contributed by atoms with Gasteiger partial charge in [0.1, 0.15) is 6.23 Å². The Morgan fingerprint density at radius 1 is 1.60 bits per heavy atom. The maximum atomic E-state index is 5.44. The van der Waals surface area contributed by atoms with Gasteiger partial charge < -0.3 is 10.1 Å². The highest BCUT2D eigenvalue weighted by molar-refractivity contribution is 5.05. The zero-order chi connectivity index (χ0) is 7.61. The molecule has 0 aromatic rings. The van der Waals surface area contributed by atoms with Gasteiger partial charge in [-0.2, -0.15) is 0 Å². The zero-order valence-electron chi connectivity index (χ0n) is 6.85. The summed E-state index contributed by atoms with van der Waals surface area (Å²) in [4.78, 5) is 0. The molecular formula is C8H15NO. The molecular weight excluding hydrogens is 126 g/mol. The number of ether oxygens (including phenoxy) is 1. The van der Waals surface area contributed by atoms with Gasteiger partial charge >= 0.3 is 0 Å². The molecule has 0 spiro atoms. The van der Waals surface area contributed by atoms with Crippen molar-refractivity contribution in [2.75, 3.05) is 6.61 Å². The standard InChI is InChI=1S/C8H15NO/c1-4-10-7-8(2,3)5-6-9-7/h5-7,9H,4H2,1-3H3/t7-/m0/s1. The maximum Gasteiger partial charge on any atom is 0.135 e. The topological polar surface area (TPSA) is 21.3 Å². The molecule has 0 aliphatic carbocycles. The Morgan fingerprint density at radius 3 is 2.70 bits per heavy atom. The molecule has 0 aromatic carbocycles. The molecule has 1 aliphatic heterocycles. The van der Waals surface area contributed by atoms with Crippen LogP contribution >= 0.6 is 0 Å². The van der Waals surface area contributed by atoms with Crippen molar-refractivity contribution >= 4 is 0 Å². The van der Waals surface area contributed by atoms with E-state index < -0.39 is 0 Å². The van der Waals surface area contributed by atoms with Crippen molar-refractivity contribution in [3.05, 3.63) is 12.3 Å². The summed E-state index contributed by atoms with van der Waals surface area (Å²) in [6, 6.07) is 0. The molecule has 0 saturated heterocycles. The van der Waals surface area contributed by atoms with E-state index in [0.29, 0.717) is 0 Å². The average molecular weight is 141 g/mol. The zero-order valence-corrected chi connectivity index (χ0v) is 6.85. The summed E-state index contributed by atoms with van der Waals surface area (Å²) in [5, 5.41) is 3.14. The maximum absolute atomic E-state index is 5.44. The molecule has 10 heavy (non-hydrogen) atoms. The molecule has 0 radical (unpaired) electrons. The Balaban J connectivity index is 2.48. The van der Waals surface area contributed by atoms with Crippen LogP contribution in [0.5, 0.6) is 0 Å². The molecule has 2 nitrogen and oxygen atoms in total. The highest BCUT2D eigenvalue weighted by Gasteiger charge is 2.30. The number of nitrogens with one attached hydrogen (secondary N) is 1. The van der Waals surface area contributed by atoms with E-state index in [1.165, 1.54) is 0 Å². The van der Waals surface area contributed by atoms with E-state index >= 15 is 0 Å². The summed E-state index contributed by atoms with van der Waals surface area (Å²) in [7, 11) is 0. The van der Waals surface area contributed by atoms with E-state index in [1.54, 1.807) is 0 Å². The number of hydrogen-bond acceptors (Lipinski definition) is 2. The van der Waals surface area contributed by atoms with Gasteiger partial charge in [-0.15, -0.1) is 0 Å². The lowest BCUT2D eigenvalue weighted by atomic mass is 9.94. The normalized spacial score (nSPS) is 28.5. The van der Waals surface area contributed by atoms with Gasteiger partial charge in [-0.05, 0) is 13.1 Å². The van der Waals surface area contributed by atoms with Gasteiger partial charge in [-0.25, -0.2) is 0 Å². The third-order valence-electron chi connectivity index (χ3n) is 1.77. The summed E-state index contributed by atoms with van der Waals surface area (Å²) in [6.07, 6.45) is 4.26. The van der Waals surface area contributed by atoms with Crippen LogP contribution in [0.3, 0.4) is 0 Å². The minimum atomic E-state index is 0.149. The van der Waals surface area contributed by atoms with Crippen LogP contribution in [0.15, 0.2) is 12.3 Å². The Labute approximate surface area is 62.3 Å². The monoisotopic (exact) mass is 141 g/mol. The van der Waals surface area contributed by atoms with E-state index in [2.05, 4.69) is 25.2 Å². The fraction of sp³-hybridized carbons (Fsp3) is 0.750. The average Bonchev–Trinajstić information content (AvgIpc) is 2.13. The van der Waals surface area contributed by atoms with Crippen molar-refractivity contribution in [2.45, 2.75) is 27.0 Å². The summed E-state index contributed by atoms with van der Waals surface area (Å²) < 4.78 is 5.44. The Bertz CT molecular complexity index is 140. The molecule has 1 atom stereocenters. The molecule has 1 aliphatic rings. The molecule has 0 unspecified atom stereocenters. The highest BCUT2D eigenvalue weighted by Crippen LogP contribution is 2.26. The fourth-order valence-corrected chi connectivity index (χ4v) is 1.08. The molecule has 0 saturated carbocycles. The van der Waals surface area contributed by atoms with Crippen molar-refractivity contribution in [2.24, 2.45) is 5.41 Å². The summed E-state index contributed by atoms with van der Waals surface area (Å²) in [5.74, 6) is 0. The summed E-state index contributed by atoms with van der Waals surface area (Å²) >= 11 is 0. The minimum Gasteiger partial charge on any atom is -0.366 e. The number of rotatable bonds is 2. The van der Waals surface area contributed by atoms with Crippen LogP contribution in [0.25, 0.3) is 0 Å². The van der Waals surface area contributed by atoms with Gasteiger partial charge in [0.25, 0.3) is 0 Å². The third kappa shape index (κ3) is 1.32. The van der Waals surface area contributed by atoms with Crippen LogP contribution in [-0.2, 0) is 4.74 Å². The largest absolute Gasteiger partial charge is 0.366 e. The SMILES string of the molecule is CCO[C@@H]1NC=CC1(C)C. The van der Waals surface area contributed by atoms with Gasteiger partial charge in [0.05, 0.1) is 0 Å². The van der Waals surface area contributed by atoms with Crippen molar-refractivity contribution in [1.82, 2.24) is 5.32 Å². The molecule has 1 heterocycles. The van der Waals surface area contributed by atoms with Crippen LogP contribution in [0, 0.1) is 5.41 Å². The fourth-order valence-electron chi connectivity index (χ4n) is 1.08. The quantitative estimate of drug-likeness (QED) is 0.629. The second-order valence-electron chi connectivity index (χ2n) is 3.16. The second kappa shape index (κ2) is 2.62. The number of hydrogen-bond donors (Lipinski definition) is 1. The summed E-state index contributed by atoms with van der Waals surface area (Å²) in [5.41, 5.74) is 0.149. The molecule has 58 valence electrons. The van der Waals surface area contributed by atoms with Crippen LogP contribution in [0.2, 0.25) is 0 Å².